The van der Waals surface area contributed by atoms with E-state index in [1.54, 1.807) is 48.5 Å². The summed E-state index contributed by atoms with van der Waals surface area (Å²) in [4.78, 5) is 84.8. The average molecular weight is 1330 g/mol. The summed E-state index contributed by atoms with van der Waals surface area (Å²) in [5, 5.41) is 115. The standard InChI is InChI=1S/C65H103N7O22/c1-17-39-64(11,86)51(77)30(4)44(66)28(2)26-61(8,84)54(93-58-47(74)38(71(12)13)24-29(3)89-58)31(5)50(32(6)57(81)91-39)92-40-27-62(9,88-16)55(33(7)90-40)94-60(83)69-23-19-18-22-68-59(82)70-37-21-20-34-41(46(37)73)48(75)42-35(63(34,10)85)25-36-45(72(14)15)49(76)43(56(67)80)53(79)65(36,87)52(42)78/h20-21,28-33,35-36,38-40,44-45,47,50-51,54-55,58,73-75,77,79,84-87H,17-19,22-27,66H2,1-16H3,(H2,67,80)(H,69,83)(H2,68,70,82)/t28-,29?,30+,31+,32-,33?,35+,36+,38?,39-,40?,44+,45+,47?,50+,51-,54-,55?,58?,61-,62?,63-,64-,65+/m1/s1. The first-order valence-electron chi connectivity index (χ1n) is 32.4. The van der Waals surface area contributed by atoms with E-state index in [1.807, 2.05) is 32.8 Å². The second-order valence-corrected chi connectivity index (χ2v) is 28.3. The molecule has 3 aliphatic heterocycles. The number of alkyl carbamates (subject to hydrolysis) is 1. The van der Waals surface area contributed by atoms with Crippen molar-refractivity contribution in [3.05, 3.63) is 40.2 Å². The van der Waals surface area contributed by atoms with Gasteiger partial charge in [-0.15, -0.1) is 0 Å². The maximum atomic E-state index is 14.6. The number of phenols is 1. The monoisotopic (exact) mass is 1330 g/mol. The summed E-state index contributed by atoms with van der Waals surface area (Å²) in [5.74, 6) is -13.5. The number of aliphatic hydroxyl groups excluding tert-OH is 4. The number of fused-ring (bicyclic) bond motifs is 3. The zero-order valence-electron chi connectivity index (χ0n) is 56.9. The summed E-state index contributed by atoms with van der Waals surface area (Å²) in [6.45, 7) is 18.1. The lowest BCUT2D eigenvalue weighted by atomic mass is 9.54. The van der Waals surface area contributed by atoms with Crippen LogP contribution in [0.25, 0.3) is 5.76 Å². The van der Waals surface area contributed by atoms with Crippen LogP contribution in [0, 0.1) is 35.5 Å². The van der Waals surface area contributed by atoms with E-state index in [1.165, 1.54) is 52.1 Å². The van der Waals surface area contributed by atoms with Gasteiger partial charge in [0.15, 0.2) is 30.1 Å². The van der Waals surface area contributed by atoms with Gasteiger partial charge < -0.3 is 111 Å². The van der Waals surface area contributed by atoms with Crippen LogP contribution in [-0.4, -0.2) is 242 Å². The Labute approximate surface area is 548 Å². The molecule has 29 heteroatoms. The highest BCUT2D eigenvalue weighted by molar-refractivity contribution is 6.24. The predicted molar refractivity (Wildman–Crippen MR) is 338 cm³/mol. The number of urea groups is 1. The van der Waals surface area contributed by atoms with Gasteiger partial charge in [-0.2, -0.15) is 0 Å². The van der Waals surface area contributed by atoms with Gasteiger partial charge in [0.05, 0.1) is 64.9 Å². The Morgan fingerprint density at radius 3 is 2.03 bits per heavy atom. The third kappa shape index (κ3) is 14.4. The van der Waals surface area contributed by atoms with Crippen molar-refractivity contribution in [3.63, 3.8) is 0 Å². The van der Waals surface area contributed by atoms with Crippen molar-refractivity contribution in [2.75, 3.05) is 53.7 Å². The zero-order valence-corrected chi connectivity index (χ0v) is 56.9. The maximum absolute atomic E-state index is 14.6. The van der Waals surface area contributed by atoms with Crippen molar-refractivity contribution in [2.45, 2.75) is 229 Å². The van der Waals surface area contributed by atoms with Gasteiger partial charge in [0.2, 0.25) is 5.78 Å². The number of anilines is 1. The van der Waals surface area contributed by atoms with Gasteiger partial charge in [0.25, 0.3) is 5.91 Å². The molecule has 530 valence electrons. The molecular weight excluding hydrogens is 1230 g/mol. The number of carbonyl (C=O) groups excluding carboxylic acids is 6. The Bertz CT molecular complexity index is 3050. The number of nitrogens with two attached hydrogens (primary N) is 2. The fourth-order valence-corrected chi connectivity index (χ4v) is 15.4. The highest BCUT2D eigenvalue weighted by Gasteiger charge is 2.67. The fourth-order valence-electron chi connectivity index (χ4n) is 15.4. The van der Waals surface area contributed by atoms with Gasteiger partial charge in [-0.3, -0.25) is 24.1 Å². The second kappa shape index (κ2) is 28.8. The molecule has 94 heavy (non-hydrogen) atoms. The number of Topliss-reactive ketones (excluding diaryl/α,β-unsaturated/α-hetero) is 2. The summed E-state index contributed by atoms with van der Waals surface area (Å²) in [5.41, 5.74) is -0.182. The van der Waals surface area contributed by atoms with Crippen molar-refractivity contribution in [1.82, 2.24) is 20.4 Å². The van der Waals surface area contributed by atoms with E-state index in [2.05, 4.69) is 16.0 Å². The number of esters is 1. The van der Waals surface area contributed by atoms with E-state index in [0.29, 0.717) is 19.3 Å². The van der Waals surface area contributed by atoms with Crippen LogP contribution in [-0.2, 0) is 57.9 Å². The van der Waals surface area contributed by atoms with Gasteiger partial charge in [-0.25, -0.2) is 9.59 Å². The van der Waals surface area contributed by atoms with Crippen LogP contribution in [0.1, 0.15) is 132 Å². The summed E-state index contributed by atoms with van der Waals surface area (Å²) in [6.07, 6.45) is -11.1. The minimum atomic E-state index is -2.95. The van der Waals surface area contributed by atoms with Crippen molar-refractivity contribution < 1.29 is 108 Å². The van der Waals surface area contributed by atoms with Crippen LogP contribution in [0.15, 0.2) is 29.0 Å². The Morgan fingerprint density at radius 2 is 1.45 bits per heavy atom. The molecule has 1 saturated carbocycles. The molecule has 3 saturated heterocycles. The van der Waals surface area contributed by atoms with Crippen molar-refractivity contribution in [2.24, 2.45) is 47.0 Å². The number of amides is 4. The van der Waals surface area contributed by atoms with Gasteiger partial charge in [0, 0.05) is 67.9 Å². The van der Waals surface area contributed by atoms with Crippen LogP contribution in [0.5, 0.6) is 5.75 Å². The number of hydrogen-bond acceptors (Lipinski definition) is 25. The number of aromatic hydroxyl groups is 1. The van der Waals surface area contributed by atoms with E-state index in [9.17, 15) is 74.7 Å². The van der Waals surface area contributed by atoms with Crippen molar-refractivity contribution in [1.29, 1.82) is 0 Å². The number of carbonyl (C=O) groups is 6. The van der Waals surface area contributed by atoms with E-state index in [-0.39, 0.29) is 62.2 Å². The van der Waals surface area contributed by atoms with E-state index in [0.717, 1.165) is 0 Å². The number of phenolic OH excluding ortho intramolecular Hbond substituents is 1. The average Bonchev–Trinajstić information content (AvgIpc) is 0.689. The first-order valence-corrected chi connectivity index (χ1v) is 32.4. The molecule has 4 amide bonds. The molecule has 16 N–H and O–H groups in total. The number of ketones is 2. The Balaban J connectivity index is 1.01. The highest BCUT2D eigenvalue weighted by Crippen LogP contribution is 2.58. The predicted octanol–water partition coefficient (Wildman–Crippen LogP) is 1.82. The topological polar surface area (TPSA) is 444 Å². The molecule has 4 fully saturated rings. The number of nitrogens with zero attached hydrogens (tertiary/aromatic N) is 2. The minimum Gasteiger partial charge on any atom is -0.508 e. The zero-order chi connectivity index (χ0) is 70.6. The number of hydrogen-bond donors (Lipinski definition) is 14. The van der Waals surface area contributed by atoms with Gasteiger partial charge in [-0.1, -0.05) is 33.8 Å². The number of likely N-dealkylation sites (N-methyl/N-ethyl adjacent to an activating group) is 2. The molecule has 0 spiro atoms. The number of benzene rings is 1. The quantitative estimate of drug-likeness (QED) is 0.0486. The summed E-state index contributed by atoms with van der Waals surface area (Å²) >= 11 is 0. The molecule has 7 rings (SSSR count). The Morgan fingerprint density at radius 1 is 0.819 bits per heavy atom. The lowest BCUT2D eigenvalue weighted by molar-refractivity contribution is -0.318. The lowest BCUT2D eigenvalue weighted by Crippen LogP contribution is -2.67. The van der Waals surface area contributed by atoms with Crippen molar-refractivity contribution >= 4 is 47.0 Å². The maximum Gasteiger partial charge on any atom is 0.407 e. The lowest BCUT2D eigenvalue weighted by Gasteiger charge is -2.53. The first-order chi connectivity index (χ1) is 43.6. The minimum absolute atomic E-state index is 0.0108. The van der Waals surface area contributed by atoms with Gasteiger partial charge in [-0.05, 0) is 133 Å². The van der Waals surface area contributed by atoms with E-state index >= 15 is 0 Å². The number of cyclic esters (lactones) is 1. The molecule has 6 aliphatic rings. The molecular formula is C65H103N7O22. The van der Waals surface area contributed by atoms with Crippen LogP contribution in [0.4, 0.5) is 15.3 Å². The molecule has 29 nitrogen and oxygen atoms in total. The van der Waals surface area contributed by atoms with E-state index in [4.69, 9.17) is 44.6 Å². The van der Waals surface area contributed by atoms with Crippen LogP contribution >= 0.6 is 0 Å². The number of aliphatic hydroxyl groups is 8. The summed E-state index contributed by atoms with van der Waals surface area (Å²) in [7, 11) is 8.00. The van der Waals surface area contributed by atoms with Crippen molar-refractivity contribution in [3.8, 4) is 5.75 Å². The Hall–Kier alpha value is -5.64. The number of ether oxygens (including phenoxy) is 7. The summed E-state index contributed by atoms with van der Waals surface area (Å²) in [6, 6.07) is -0.778. The van der Waals surface area contributed by atoms with Gasteiger partial charge >= 0.3 is 18.1 Å². The molecule has 0 bridgehead atoms. The number of methoxy groups -OCH3 is 1. The normalized spacial score (nSPS) is 40.8. The molecule has 0 aromatic heterocycles. The third-order valence-electron chi connectivity index (χ3n) is 20.9. The molecule has 3 aliphatic carbocycles. The van der Waals surface area contributed by atoms with E-state index < -0.39 is 200 Å². The molecule has 3 heterocycles. The van der Waals surface area contributed by atoms with Gasteiger partial charge in [0.1, 0.15) is 46.3 Å². The molecule has 24 atom stereocenters. The smallest absolute Gasteiger partial charge is 0.407 e. The molecule has 8 unspecified atom stereocenters. The summed E-state index contributed by atoms with van der Waals surface area (Å²) < 4.78 is 44.5. The number of rotatable bonds is 16. The Kier molecular flexibility index (Phi) is 23.2. The number of nitrogens with one attached hydrogen (secondary N) is 3. The molecule has 1 aromatic carbocycles. The fraction of sp³-hybridized carbons (Fsp3) is 0.754. The largest absolute Gasteiger partial charge is 0.508 e. The SMILES string of the molecule is CC[C@H]1OC(=O)[C@H](C)[C@@H](OC2CC(C)(OC)C(OC(=O)NCCCCNC(=O)Nc3ccc4c(c3O)C(O)=C3C(=O)[C@]5(O)C(O)=C(C(N)=O)C(=O)[C@@H](N(C)C)[C@@H]5C[C@@H]3[C@]4(C)O)C(C)O2)[C@H](C)[C@@H](OC2OC(C)CC(N(C)C)C2O)[C@](C)(O)C[C@@H](C)[C@H](N)[C@H](C)[C@@H](O)[C@]1(C)O. The van der Waals surface area contributed by atoms with Crippen LogP contribution in [0.3, 0.4) is 0 Å². The highest BCUT2D eigenvalue weighted by atomic mass is 16.7. The third-order valence-corrected chi connectivity index (χ3v) is 20.9. The van der Waals surface area contributed by atoms with Crippen LogP contribution < -0.4 is 27.4 Å². The number of unbranched alkanes of at least 4 members (excludes halogenated alkanes) is 1. The number of primary amides is 1. The molecule has 0 radical (unpaired) electrons. The second-order valence-electron chi connectivity index (χ2n) is 28.3. The van der Waals surface area contributed by atoms with Crippen LogP contribution in [0.2, 0.25) is 0 Å². The molecule has 1 aromatic rings. The first kappa shape index (κ1) is 75.7.